The molecule has 2 fully saturated rings. The van der Waals surface area contributed by atoms with E-state index in [2.05, 4.69) is 44.9 Å². The van der Waals surface area contributed by atoms with Gasteiger partial charge in [0.15, 0.2) is 0 Å². The van der Waals surface area contributed by atoms with Gasteiger partial charge < -0.3 is 10.0 Å². The molecule has 0 aliphatic heterocycles. The monoisotopic (exact) mass is 351 g/mol. The third-order valence-corrected chi connectivity index (χ3v) is 8.84. The fraction of sp³-hybridized carbons (Fsp3) is 0.667. The van der Waals surface area contributed by atoms with Crippen LogP contribution in [-0.4, -0.2) is 29.6 Å². The normalized spacial score (nSPS) is 38.5. The van der Waals surface area contributed by atoms with Crippen molar-refractivity contribution >= 4 is 0 Å². The molecule has 2 heteroatoms. The molecule has 1 unspecified atom stereocenters. The molecule has 4 aliphatic carbocycles. The van der Waals surface area contributed by atoms with E-state index in [4.69, 9.17) is 0 Å². The molecule has 4 atom stereocenters. The van der Waals surface area contributed by atoms with Crippen molar-refractivity contribution < 1.29 is 5.11 Å². The minimum Gasteiger partial charge on any atom is -0.508 e. The third kappa shape index (κ3) is 1.97. The number of rotatable bonds is 3. The van der Waals surface area contributed by atoms with Gasteiger partial charge in [0.05, 0.1) is 0 Å². The molecule has 2 nitrogen and oxygen atoms in total. The Labute approximate surface area is 158 Å². The van der Waals surface area contributed by atoms with Gasteiger partial charge in [0.1, 0.15) is 5.75 Å². The first kappa shape index (κ1) is 16.9. The van der Waals surface area contributed by atoms with Crippen LogP contribution in [0.25, 0.3) is 0 Å². The van der Waals surface area contributed by atoms with Crippen LogP contribution in [0, 0.1) is 17.3 Å². The topological polar surface area (TPSA) is 23.5 Å². The largest absolute Gasteiger partial charge is 0.508 e. The van der Waals surface area contributed by atoms with Crippen LogP contribution in [0.3, 0.4) is 0 Å². The van der Waals surface area contributed by atoms with Gasteiger partial charge in [-0.15, -0.1) is 0 Å². The number of hydrogen-bond donors (Lipinski definition) is 1. The van der Waals surface area contributed by atoms with Crippen molar-refractivity contribution in [2.75, 3.05) is 13.6 Å². The van der Waals surface area contributed by atoms with E-state index in [1.54, 1.807) is 11.1 Å². The Kier molecular flexibility index (Phi) is 3.49. The van der Waals surface area contributed by atoms with Gasteiger partial charge in [0.25, 0.3) is 0 Å². The summed E-state index contributed by atoms with van der Waals surface area (Å²) >= 11 is 0. The van der Waals surface area contributed by atoms with Crippen LogP contribution >= 0.6 is 0 Å². The lowest BCUT2D eigenvalue weighted by Gasteiger charge is -2.61. The second-order valence-corrected chi connectivity index (χ2v) is 9.93. The van der Waals surface area contributed by atoms with Gasteiger partial charge in [-0.2, -0.15) is 0 Å². The van der Waals surface area contributed by atoms with E-state index < -0.39 is 0 Å². The minimum atomic E-state index is 0.139. The molecule has 0 radical (unpaired) electrons. The van der Waals surface area contributed by atoms with Gasteiger partial charge in [0, 0.05) is 23.4 Å². The molecule has 1 aromatic rings. The van der Waals surface area contributed by atoms with E-state index in [-0.39, 0.29) is 10.8 Å². The summed E-state index contributed by atoms with van der Waals surface area (Å²) in [6.07, 6.45) is 7.80. The summed E-state index contributed by atoms with van der Waals surface area (Å²) < 4.78 is 0. The van der Waals surface area contributed by atoms with E-state index in [1.807, 2.05) is 6.07 Å². The van der Waals surface area contributed by atoms with Crippen molar-refractivity contribution in [1.29, 1.82) is 0 Å². The number of nitrogens with zero attached hydrogens (tertiary/aromatic N) is 1. The van der Waals surface area contributed by atoms with Crippen LogP contribution < -0.4 is 0 Å². The molecule has 1 aromatic carbocycles. The lowest BCUT2D eigenvalue weighted by Crippen LogP contribution is -2.62. The lowest BCUT2D eigenvalue weighted by molar-refractivity contribution is -0.0214. The van der Waals surface area contributed by atoms with Gasteiger partial charge in [-0.25, -0.2) is 0 Å². The molecule has 0 heterocycles. The van der Waals surface area contributed by atoms with E-state index in [1.165, 1.54) is 49.8 Å². The highest BCUT2D eigenvalue weighted by molar-refractivity contribution is 5.51. The van der Waals surface area contributed by atoms with E-state index in [9.17, 15) is 5.11 Å². The predicted octanol–water partition coefficient (Wildman–Crippen LogP) is 5.05. The van der Waals surface area contributed by atoms with Gasteiger partial charge >= 0.3 is 0 Å². The van der Waals surface area contributed by atoms with Crippen molar-refractivity contribution in [3.8, 4) is 5.75 Å². The van der Waals surface area contributed by atoms with Crippen LogP contribution in [0.5, 0.6) is 5.75 Å². The van der Waals surface area contributed by atoms with Crippen molar-refractivity contribution in [1.82, 2.24) is 4.90 Å². The lowest BCUT2D eigenvalue weighted by atomic mass is 9.46. The fourth-order valence-electron chi connectivity index (χ4n) is 7.33. The maximum Gasteiger partial charge on any atom is 0.115 e. The first-order valence-corrected chi connectivity index (χ1v) is 10.6. The number of hydrogen-bond acceptors (Lipinski definition) is 2. The predicted molar refractivity (Wildman–Crippen MR) is 106 cm³/mol. The molecular formula is C24H33NO. The Balaban J connectivity index is 1.68. The van der Waals surface area contributed by atoms with Crippen LogP contribution in [-0.2, 0) is 11.8 Å². The Morgan fingerprint density at radius 1 is 1.15 bits per heavy atom. The summed E-state index contributed by atoms with van der Waals surface area (Å²) in [7, 11) is 2.40. The van der Waals surface area contributed by atoms with E-state index >= 15 is 0 Å². The van der Waals surface area contributed by atoms with Gasteiger partial charge in [-0.05, 0) is 94.5 Å². The average molecular weight is 352 g/mol. The Morgan fingerprint density at radius 2 is 1.92 bits per heavy atom. The molecule has 2 saturated carbocycles. The van der Waals surface area contributed by atoms with Crippen molar-refractivity contribution in [3.63, 3.8) is 0 Å². The van der Waals surface area contributed by atoms with Gasteiger partial charge in [-0.1, -0.05) is 24.1 Å². The quantitative estimate of drug-likeness (QED) is 0.770. The number of aromatic hydroxyl groups is 1. The van der Waals surface area contributed by atoms with Crippen molar-refractivity contribution in [3.05, 3.63) is 40.5 Å². The molecule has 1 N–H and O–H groups in total. The van der Waals surface area contributed by atoms with Crippen molar-refractivity contribution in [2.24, 2.45) is 17.3 Å². The number of fused-ring (bicyclic) bond motifs is 3. The Bertz CT molecular complexity index is 791. The summed E-state index contributed by atoms with van der Waals surface area (Å²) in [5, 5.41) is 10.3. The second-order valence-electron chi connectivity index (χ2n) is 9.93. The van der Waals surface area contributed by atoms with Gasteiger partial charge in [-0.3, -0.25) is 0 Å². The van der Waals surface area contributed by atoms with Gasteiger partial charge in [0.2, 0.25) is 0 Å². The Hall–Kier alpha value is -1.28. The summed E-state index contributed by atoms with van der Waals surface area (Å²) in [5.41, 5.74) is 6.62. The Morgan fingerprint density at radius 3 is 2.65 bits per heavy atom. The zero-order chi connectivity index (χ0) is 18.3. The SMILES string of the molecule is CC1=C(C)[C@]23CCc4ccc(O)cc4[C@]2(C)CC[C@H]1C3N(C)CC1CC1. The second kappa shape index (κ2) is 5.38. The first-order valence-electron chi connectivity index (χ1n) is 10.6. The molecule has 4 aliphatic rings. The third-order valence-electron chi connectivity index (χ3n) is 8.84. The average Bonchev–Trinajstić information content (AvgIpc) is 3.40. The molecule has 1 spiro atoms. The highest BCUT2D eigenvalue weighted by atomic mass is 16.3. The molecule has 0 amide bonds. The number of benzene rings is 1. The number of phenols is 1. The molecule has 2 bridgehead atoms. The summed E-state index contributed by atoms with van der Waals surface area (Å²) in [6.45, 7) is 8.63. The molecule has 26 heavy (non-hydrogen) atoms. The maximum atomic E-state index is 10.3. The van der Waals surface area contributed by atoms with E-state index in [0.29, 0.717) is 11.8 Å². The number of aryl methyl sites for hydroxylation is 1. The molecular weight excluding hydrogens is 318 g/mol. The summed E-state index contributed by atoms with van der Waals surface area (Å²) in [5.74, 6) is 2.10. The summed E-state index contributed by atoms with van der Waals surface area (Å²) in [4.78, 5) is 2.74. The van der Waals surface area contributed by atoms with Crippen LogP contribution in [0.1, 0.15) is 64.0 Å². The highest BCUT2D eigenvalue weighted by Gasteiger charge is 2.65. The number of phenolic OH excluding ortho intramolecular Hbond substituents is 1. The van der Waals surface area contributed by atoms with Crippen LogP contribution in [0.4, 0.5) is 0 Å². The van der Waals surface area contributed by atoms with E-state index in [0.717, 1.165) is 18.3 Å². The fourth-order valence-corrected chi connectivity index (χ4v) is 7.33. The first-order chi connectivity index (χ1) is 12.4. The standard InChI is InChI=1S/C24H33NO/c1-15-16(2)24-12-9-18-7-8-19(26)13-21(18)23(24,3)11-10-20(15)22(24)25(4)14-17-5-6-17/h7-8,13,17,20,22,26H,5-6,9-12,14H2,1-4H3/t20-,22?,23+,24+/m1/s1. The molecule has 0 saturated heterocycles. The molecule has 140 valence electrons. The van der Waals surface area contributed by atoms with Crippen molar-refractivity contribution in [2.45, 2.75) is 70.8 Å². The van der Waals surface area contributed by atoms with Crippen LogP contribution in [0.15, 0.2) is 29.3 Å². The highest BCUT2D eigenvalue weighted by Crippen LogP contribution is 2.68. The minimum absolute atomic E-state index is 0.139. The summed E-state index contributed by atoms with van der Waals surface area (Å²) in [6, 6.07) is 6.79. The molecule has 0 aromatic heterocycles. The molecule has 5 rings (SSSR count). The zero-order valence-electron chi connectivity index (χ0n) is 16.8. The maximum absolute atomic E-state index is 10.3. The smallest absolute Gasteiger partial charge is 0.115 e. The van der Waals surface area contributed by atoms with Crippen LogP contribution in [0.2, 0.25) is 0 Å². The zero-order valence-corrected chi connectivity index (χ0v) is 16.8.